The molecule has 0 aliphatic heterocycles. The van der Waals surface area contributed by atoms with E-state index in [0.717, 1.165) is 22.2 Å². The Balaban J connectivity index is 1.51. The Labute approximate surface area is 198 Å². The van der Waals surface area contributed by atoms with Crippen LogP contribution >= 0.6 is 0 Å². The Morgan fingerprint density at radius 2 is 1.65 bits per heavy atom. The summed E-state index contributed by atoms with van der Waals surface area (Å²) in [7, 11) is 1.60. The number of hydrogen-bond donors (Lipinski definition) is 3. The van der Waals surface area contributed by atoms with Gasteiger partial charge in [-0.3, -0.25) is 9.59 Å². The fourth-order valence-electron chi connectivity index (χ4n) is 3.86. The van der Waals surface area contributed by atoms with Gasteiger partial charge in [-0.2, -0.15) is 0 Å². The molecule has 6 heteroatoms. The highest BCUT2D eigenvalue weighted by Crippen LogP contribution is 2.22. The molecule has 0 atom stereocenters. The second kappa shape index (κ2) is 10.5. The summed E-state index contributed by atoms with van der Waals surface area (Å²) in [4.78, 5) is 29.2. The number of benzene rings is 3. The number of carbonyl (C=O) groups is 2. The number of amides is 2. The van der Waals surface area contributed by atoms with E-state index in [1.54, 1.807) is 49.6 Å². The molecule has 0 unspecified atom stereocenters. The first-order valence-corrected chi connectivity index (χ1v) is 11.1. The molecule has 0 saturated heterocycles. The standard InChI is InChI=1S/C28H27N3O3/c1-19-23(24-10-6-7-11-25(24)30-19)16-17-29-28(33)26(18-20-12-14-22(34-2)15-13-20)31-27(32)21-8-4-3-5-9-21/h3-15,18,30H,16-17H2,1-2H3,(H,29,33)(H,31,32). The summed E-state index contributed by atoms with van der Waals surface area (Å²) in [5.41, 5.74) is 4.76. The van der Waals surface area contributed by atoms with Gasteiger partial charge in [0.15, 0.2) is 0 Å². The van der Waals surface area contributed by atoms with Crippen LogP contribution in [0.25, 0.3) is 17.0 Å². The van der Waals surface area contributed by atoms with E-state index in [2.05, 4.69) is 21.7 Å². The van der Waals surface area contributed by atoms with Gasteiger partial charge in [-0.1, -0.05) is 48.5 Å². The zero-order valence-electron chi connectivity index (χ0n) is 19.2. The van der Waals surface area contributed by atoms with E-state index in [-0.39, 0.29) is 17.5 Å². The van der Waals surface area contributed by atoms with Gasteiger partial charge in [-0.25, -0.2) is 0 Å². The average molecular weight is 454 g/mol. The van der Waals surface area contributed by atoms with E-state index in [4.69, 9.17) is 4.74 Å². The normalized spacial score (nSPS) is 11.3. The van der Waals surface area contributed by atoms with Crippen LogP contribution in [0.5, 0.6) is 5.75 Å². The lowest BCUT2D eigenvalue weighted by atomic mass is 10.1. The summed E-state index contributed by atoms with van der Waals surface area (Å²) in [5.74, 6) is 0.0196. The molecule has 1 aromatic heterocycles. The molecule has 0 saturated carbocycles. The van der Waals surface area contributed by atoms with Gasteiger partial charge >= 0.3 is 0 Å². The fraction of sp³-hybridized carbons (Fsp3) is 0.143. The Kier molecular flexibility index (Phi) is 7.08. The van der Waals surface area contributed by atoms with Gasteiger partial charge < -0.3 is 20.4 Å². The molecule has 0 aliphatic rings. The lowest BCUT2D eigenvalue weighted by molar-refractivity contribution is -0.117. The molecule has 2 amide bonds. The van der Waals surface area contributed by atoms with Crippen LogP contribution in [0.1, 0.15) is 27.2 Å². The van der Waals surface area contributed by atoms with Crippen molar-refractivity contribution in [1.82, 2.24) is 15.6 Å². The molecule has 0 fully saturated rings. The predicted molar refractivity (Wildman–Crippen MR) is 135 cm³/mol. The molecular formula is C28H27N3O3. The minimum atomic E-state index is -0.349. The molecule has 0 spiro atoms. The van der Waals surface area contributed by atoms with Crippen LogP contribution in [0.2, 0.25) is 0 Å². The molecule has 34 heavy (non-hydrogen) atoms. The second-order valence-corrected chi connectivity index (χ2v) is 7.93. The topological polar surface area (TPSA) is 83.2 Å². The first kappa shape index (κ1) is 22.9. The van der Waals surface area contributed by atoms with E-state index >= 15 is 0 Å². The maximum Gasteiger partial charge on any atom is 0.267 e. The van der Waals surface area contributed by atoms with Crippen LogP contribution in [-0.2, 0) is 11.2 Å². The van der Waals surface area contributed by atoms with Crippen molar-refractivity contribution in [3.63, 3.8) is 0 Å². The molecule has 0 bridgehead atoms. The summed E-state index contributed by atoms with van der Waals surface area (Å²) in [6.45, 7) is 2.47. The van der Waals surface area contributed by atoms with Gasteiger partial charge in [0, 0.05) is 28.7 Å². The van der Waals surface area contributed by atoms with E-state index in [9.17, 15) is 9.59 Å². The lowest BCUT2D eigenvalue weighted by Gasteiger charge is -2.12. The number of H-pyrrole nitrogens is 1. The smallest absolute Gasteiger partial charge is 0.267 e. The number of nitrogens with one attached hydrogen (secondary N) is 3. The minimum absolute atomic E-state index is 0.176. The molecule has 3 N–H and O–H groups in total. The first-order chi connectivity index (χ1) is 16.5. The van der Waals surface area contributed by atoms with Crippen molar-refractivity contribution in [2.75, 3.05) is 13.7 Å². The molecular weight excluding hydrogens is 426 g/mol. The highest BCUT2D eigenvalue weighted by atomic mass is 16.5. The zero-order chi connectivity index (χ0) is 23.9. The van der Waals surface area contributed by atoms with Crippen molar-refractivity contribution < 1.29 is 14.3 Å². The van der Waals surface area contributed by atoms with Crippen molar-refractivity contribution >= 4 is 28.8 Å². The Bertz CT molecular complexity index is 1320. The quantitative estimate of drug-likeness (QED) is 0.341. The average Bonchev–Trinajstić information content (AvgIpc) is 3.19. The largest absolute Gasteiger partial charge is 0.497 e. The van der Waals surface area contributed by atoms with Crippen LogP contribution in [0.15, 0.2) is 84.6 Å². The molecule has 1 heterocycles. The fourth-order valence-corrected chi connectivity index (χ4v) is 3.86. The molecule has 4 aromatic rings. The minimum Gasteiger partial charge on any atom is -0.497 e. The van der Waals surface area contributed by atoms with Crippen LogP contribution < -0.4 is 15.4 Å². The van der Waals surface area contributed by atoms with Gasteiger partial charge in [-0.15, -0.1) is 0 Å². The third kappa shape index (κ3) is 5.35. The maximum absolute atomic E-state index is 13.1. The molecule has 0 radical (unpaired) electrons. The van der Waals surface area contributed by atoms with Gasteiger partial charge in [0.25, 0.3) is 11.8 Å². The number of ether oxygens (including phenoxy) is 1. The number of rotatable bonds is 8. The zero-order valence-corrected chi connectivity index (χ0v) is 19.2. The van der Waals surface area contributed by atoms with Crippen molar-refractivity contribution in [3.8, 4) is 5.75 Å². The number of methoxy groups -OCH3 is 1. The van der Waals surface area contributed by atoms with Crippen LogP contribution in [0.3, 0.4) is 0 Å². The lowest BCUT2D eigenvalue weighted by Crippen LogP contribution is -2.35. The van der Waals surface area contributed by atoms with Gasteiger partial charge in [0.1, 0.15) is 11.4 Å². The maximum atomic E-state index is 13.1. The van der Waals surface area contributed by atoms with Gasteiger partial charge in [0.05, 0.1) is 7.11 Å². The number of aryl methyl sites for hydroxylation is 1. The van der Waals surface area contributed by atoms with E-state index in [0.29, 0.717) is 24.3 Å². The summed E-state index contributed by atoms with van der Waals surface area (Å²) in [5, 5.41) is 6.87. The third-order valence-electron chi connectivity index (χ3n) is 5.64. The highest BCUT2D eigenvalue weighted by Gasteiger charge is 2.15. The summed E-state index contributed by atoms with van der Waals surface area (Å²) < 4.78 is 5.20. The van der Waals surface area contributed by atoms with Gasteiger partial charge in [-0.05, 0) is 60.9 Å². The molecule has 0 aliphatic carbocycles. The Morgan fingerprint density at radius 3 is 2.38 bits per heavy atom. The summed E-state index contributed by atoms with van der Waals surface area (Å²) in [6, 6.07) is 24.2. The van der Waals surface area contributed by atoms with E-state index < -0.39 is 0 Å². The van der Waals surface area contributed by atoms with E-state index in [1.165, 1.54) is 5.56 Å². The molecule has 3 aromatic carbocycles. The Morgan fingerprint density at radius 1 is 0.941 bits per heavy atom. The third-order valence-corrected chi connectivity index (χ3v) is 5.64. The Hall–Kier alpha value is -4.32. The van der Waals surface area contributed by atoms with E-state index in [1.807, 2.05) is 43.3 Å². The number of aromatic nitrogens is 1. The number of para-hydroxylation sites is 1. The molecule has 4 rings (SSSR count). The first-order valence-electron chi connectivity index (χ1n) is 11.1. The number of fused-ring (bicyclic) bond motifs is 1. The molecule has 6 nitrogen and oxygen atoms in total. The summed E-state index contributed by atoms with van der Waals surface area (Å²) in [6.07, 6.45) is 2.33. The monoisotopic (exact) mass is 453 g/mol. The van der Waals surface area contributed by atoms with Crippen molar-refractivity contribution in [2.24, 2.45) is 0 Å². The van der Waals surface area contributed by atoms with Crippen molar-refractivity contribution in [1.29, 1.82) is 0 Å². The SMILES string of the molecule is COc1ccc(C=C(NC(=O)c2ccccc2)C(=O)NCCc2c(C)[nH]c3ccccc23)cc1. The van der Waals surface area contributed by atoms with Crippen LogP contribution in [0.4, 0.5) is 0 Å². The van der Waals surface area contributed by atoms with Crippen LogP contribution in [-0.4, -0.2) is 30.5 Å². The number of carbonyl (C=O) groups excluding carboxylic acids is 2. The number of aromatic amines is 1. The number of hydrogen-bond acceptors (Lipinski definition) is 3. The second-order valence-electron chi connectivity index (χ2n) is 7.93. The highest BCUT2D eigenvalue weighted by molar-refractivity contribution is 6.05. The van der Waals surface area contributed by atoms with Crippen molar-refractivity contribution in [3.05, 3.63) is 107 Å². The predicted octanol–water partition coefficient (Wildman–Crippen LogP) is 4.61. The van der Waals surface area contributed by atoms with Gasteiger partial charge in [0.2, 0.25) is 0 Å². The summed E-state index contributed by atoms with van der Waals surface area (Å²) >= 11 is 0. The van der Waals surface area contributed by atoms with Crippen molar-refractivity contribution in [2.45, 2.75) is 13.3 Å². The van der Waals surface area contributed by atoms with Crippen LogP contribution in [0, 0.1) is 6.92 Å². The molecule has 172 valence electrons.